The zero-order valence-corrected chi connectivity index (χ0v) is 12.6. The van der Waals surface area contributed by atoms with Gasteiger partial charge in [0.05, 0.1) is 6.61 Å². The van der Waals surface area contributed by atoms with Crippen molar-refractivity contribution < 1.29 is 5.11 Å². The molecular weight excluding hydrogens is 238 g/mol. The maximum atomic E-state index is 9.48. The van der Waals surface area contributed by atoms with Crippen molar-refractivity contribution in [3.63, 3.8) is 0 Å². The monoisotopic (exact) mass is 269 g/mol. The average Bonchev–Trinajstić information content (AvgIpc) is 2.46. The van der Waals surface area contributed by atoms with E-state index in [4.69, 9.17) is 5.73 Å². The van der Waals surface area contributed by atoms with Gasteiger partial charge in [0.15, 0.2) is 0 Å². The van der Waals surface area contributed by atoms with E-state index in [2.05, 4.69) is 23.8 Å². The van der Waals surface area contributed by atoms with Gasteiger partial charge in [0.1, 0.15) is 0 Å². The molecule has 0 bridgehead atoms. The molecule has 1 saturated carbocycles. The molecule has 1 heterocycles. The molecule has 0 aromatic heterocycles. The van der Waals surface area contributed by atoms with Gasteiger partial charge in [-0.3, -0.25) is 0 Å². The Hall–Kier alpha value is -0.160. The highest BCUT2D eigenvalue weighted by Crippen LogP contribution is 2.31. The lowest BCUT2D eigenvalue weighted by Crippen LogP contribution is -2.55. The Kier molecular flexibility index (Phi) is 5.23. The summed E-state index contributed by atoms with van der Waals surface area (Å²) in [6.45, 7) is 6.01. The first kappa shape index (κ1) is 15.2. The van der Waals surface area contributed by atoms with E-state index in [-0.39, 0.29) is 12.1 Å². The van der Waals surface area contributed by atoms with E-state index >= 15 is 0 Å². The van der Waals surface area contributed by atoms with Crippen molar-refractivity contribution >= 4 is 0 Å². The summed E-state index contributed by atoms with van der Waals surface area (Å²) in [6.07, 6.45) is 6.87. The van der Waals surface area contributed by atoms with Gasteiger partial charge in [0, 0.05) is 17.6 Å². The van der Waals surface area contributed by atoms with Gasteiger partial charge in [-0.15, -0.1) is 0 Å². The molecule has 19 heavy (non-hydrogen) atoms. The second-order valence-corrected chi connectivity index (χ2v) is 6.60. The molecule has 112 valence electrons. The van der Waals surface area contributed by atoms with Crippen molar-refractivity contribution in [2.24, 2.45) is 5.73 Å². The highest BCUT2D eigenvalue weighted by Gasteiger charge is 2.36. The standard InChI is InChI=1S/C15H31N3O/c1-3-18-9-6-13(7-10-18)17(2)14-5-4-8-15(16,11-14)12-19/h13-14,19H,3-12,16H2,1-2H3. The smallest absolute Gasteiger partial charge is 0.0611 e. The fraction of sp³-hybridized carbons (Fsp3) is 1.00. The van der Waals surface area contributed by atoms with Crippen LogP contribution in [0.1, 0.15) is 45.4 Å². The van der Waals surface area contributed by atoms with Gasteiger partial charge in [-0.2, -0.15) is 0 Å². The normalized spacial score (nSPS) is 34.9. The number of hydrogen-bond acceptors (Lipinski definition) is 4. The fourth-order valence-corrected chi connectivity index (χ4v) is 3.80. The van der Waals surface area contributed by atoms with Crippen molar-refractivity contribution in [2.45, 2.75) is 63.1 Å². The molecule has 1 aliphatic heterocycles. The van der Waals surface area contributed by atoms with Gasteiger partial charge in [0.25, 0.3) is 0 Å². The maximum absolute atomic E-state index is 9.48. The zero-order chi connectivity index (χ0) is 13.9. The summed E-state index contributed by atoms with van der Waals surface area (Å²) in [5.41, 5.74) is 5.94. The van der Waals surface area contributed by atoms with Crippen molar-refractivity contribution in [3.05, 3.63) is 0 Å². The second-order valence-electron chi connectivity index (χ2n) is 6.60. The summed E-state index contributed by atoms with van der Waals surface area (Å²) in [6, 6.07) is 1.26. The lowest BCUT2D eigenvalue weighted by atomic mass is 9.79. The van der Waals surface area contributed by atoms with Crippen LogP contribution >= 0.6 is 0 Å². The number of aliphatic hydroxyl groups excluding tert-OH is 1. The number of nitrogens with zero attached hydrogens (tertiary/aromatic N) is 2. The maximum Gasteiger partial charge on any atom is 0.0611 e. The Balaban J connectivity index is 1.87. The minimum absolute atomic E-state index is 0.131. The summed E-state index contributed by atoms with van der Waals surface area (Å²) in [5, 5.41) is 9.48. The summed E-state index contributed by atoms with van der Waals surface area (Å²) in [7, 11) is 2.26. The van der Waals surface area contributed by atoms with Crippen LogP contribution in [-0.4, -0.2) is 65.8 Å². The van der Waals surface area contributed by atoms with Crippen LogP contribution in [0.15, 0.2) is 0 Å². The largest absolute Gasteiger partial charge is 0.394 e. The Morgan fingerprint density at radius 2 is 1.95 bits per heavy atom. The number of likely N-dealkylation sites (tertiary alicyclic amines) is 1. The Bertz CT molecular complexity index is 279. The third kappa shape index (κ3) is 3.69. The average molecular weight is 269 g/mol. The summed E-state index contributed by atoms with van der Waals surface area (Å²) < 4.78 is 0. The van der Waals surface area contributed by atoms with Crippen LogP contribution in [0.4, 0.5) is 0 Å². The van der Waals surface area contributed by atoms with E-state index in [0.717, 1.165) is 19.3 Å². The highest BCUT2D eigenvalue weighted by atomic mass is 16.3. The molecule has 2 fully saturated rings. The van der Waals surface area contributed by atoms with Crippen LogP contribution in [0.25, 0.3) is 0 Å². The predicted octanol–water partition coefficient (Wildman–Crippen LogP) is 1.03. The van der Waals surface area contributed by atoms with Crippen LogP contribution < -0.4 is 5.73 Å². The van der Waals surface area contributed by atoms with Gasteiger partial charge < -0.3 is 20.6 Å². The van der Waals surface area contributed by atoms with Crippen molar-refractivity contribution in [1.82, 2.24) is 9.80 Å². The summed E-state index contributed by atoms with van der Waals surface area (Å²) >= 11 is 0. The van der Waals surface area contributed by atoms with Crippen LogP contribution in [0.3, 0.4) is 0 Å². The van der Waals surface area contributed by atoms with Gasteiger partial charge in [-0.05, 0) is 65.2 Å². The Labute approximate surface area is 117 Å². The van der Waals surface area contributed by atoms with Gasteiger partial charge in [-0.1, -0.05) is 6.92 Å². The third-order valence-electron chi connectivity index (χ3n) is 5.33. The summed E-state index contributed by atoms with van der Waals surface area (Å²) in [5.74, 6) is 0. The lowest BCUT2D eigenvalue weighted by Gasteiger charge is -2.45. The first-order chi connectivity index (χ1) is 9.08. The van der Waals surface area contributed by atoms with Crippen LogP contribution in [-0.2, 0) is 0 Å². The van der Waals surface area contributed by atoms with E-state index in [1.165, 1.54) is 38.9 Å². The molecular formula is C15H31N3O. The fourth-order valence-electron chi connectivity index (χ4n) is 3.80. The number of aliphatic hydroxyl groups is 1. The van der Waals surface area contributed by atoms with Crippen molar-refractivity contribution in [3.8, 4) is 0 Å². The molecule has 1 aliphatic carbocycles. The van der Waals surface area contributed by atoms with E-state index in [9.17, 15) is 5.11 Å². The molecule has 0 radical (unpaired) electrons. The van der Waals surface area contributed by atoms with E-state index in [0.29, 0.717) is 12.1 Å². The van der Waals surface area contributed by atoms with E-state index in [1.807, 2.05) is 0 Å². The van der Waals surface area contributed by atoms with Gasteiger partial charge in [-0.25, -0.2) is 0 Å². The SMILES string of the molecule is CCN1CCC(N(C)C2CCCC(N)(CO)C2)CC1. The molecule has 1 saturated heterocycles. The predicted molar refractivity (Wildman–Crippen MR) is 79.2 cm³/mol. The minimum atomic E-state index is -0.332. The highest BCUT2D eigenvalue weighted by molar-refractivity contribution is 4.95. The quantitative estimate of drug-likeness (QED) is 0.800. The van der Waals surface area contributed by atoms with Crippen LogP contribution in [0, 0.1) is 0 Å². The van der Waals surface area contributed by atoms with E-state index in [1.54, 1.807) is 0 Å². The molecule has 0 spiro atoms. The topological polar surface area (TPSA) is 52.7 Å². The number of hydrogen-bond donors (Lipinski definition) is 2. The van der Waals surface area contributed by atoms with Gasteiger partial charge in [0.2, 0.25) is 0 Å². The number of rotatable bonds is 4. The number of nitrogens with two attached hydrogens (primary N) is 1. The Morgan fingerprint density at radius 3 is 2.53 bits per heavy atom. The molecule has 2 atom stereocenters. The summed E-state index contributed by atoms with van der Waals surface area (Å²) in [4.78, 5) is 5.09. The second kappa shape index (κ2) is 6.53. The minimum Gasteiger partial charge on any atom is -0.394 e. The first-order valence-corrected chi connectivity index (χ1v) is 7.92. The first-order valence-electron chi connectivity index (χ1n) is 7.92. The van der Waals surface area contributed by atoms with Crippen molar-refractivity contribution in [2.75, 3.05) is 33.3 Å². The molecule has 0 amide bonds. The molecule has 3 N–H and O–H groups in total. The Morgan fingerprint density at radius 1 is 1.26 bits per heavy atom. The van der Waals surface area contributed by atoms with Crippen molar-refractivity contribution in [1.29, 1.82) is 0 Å². The molecule has 2 rings (SSSR count). The molecule has 2 aliphatic rings. The molecule has 4 heteroatoms. The van der Waals surface area contributed by atoms with Gasteiger partial charge >= 0.3 is 0 Å². The third-order valence-corrected chi connectivity index (χ3v) is 5.33. The molecule has 4 nitrogen and oxygen atoms in total. The number of piperidine rings is 1. The molecule has 0 aromatic carbocycles. The van der Waals surface area contributed by atoms with E-state index < -0.39 is 0 Å². The molecule has 0 aromatic rings. The van der Waals surface area contributed by atoms with Crippen LogP contribution in [0.5, 0.6) is 0 Å². The zero-order valence-electron chi connectivity index (χ0n) is 12.6. The lowest BCUT2D eigenvalue weighted by molar-refractivity contribution is 0.0480. The van der Waals surface area contributed by atoms with Crippen LogP contribution in [0.2, 0.25) is 0 Å². The molecule has 2 unspecified atom stereocenters.